The summed E-state index contributed by atoms with van der Waals surface area (Å²) < 4.78 is 2.06. The van der Waals surface area contributed by atoms with Gasteiger partial charge in [-0.3, -0.25) is 0 Å². The molecular formula is C20H31N5. The number of likely N-dealkylation sites (tertiary alicyclic amines) is 1. The van der Waals surface area contributed by atoms with Gasteiger partial charge in [-0.15, -0.1) is 0 Å². The molecule has 1 atom stereocenters. The molecule has 4 rings (SSSR count). The molecule has 2 saturated heterocycles. The number of hydrogen-bond donors (Lipinski definition) is 0. The predicted molar refractivity (Wildman–Crippen MR) is 102 cm³/mol. The third kappa shape index (κ3) is 3.14. The highest BCUT2D eigenvalue weighted by Gasteiger charge is 2.39. The summed E-state index contributed by atoms with van der Waals surface area (Å²) in [5.74, 6) is 1.66. The Morgan fingerprint density at radius 3 is 2.56 bits per heavy atom. The molecule has 0 radical (unpaired) electrons. The van der Waals surface area contributed by atoms with Crippen LogP contribution in [0, 0.1) is 12.3 Å². The average molecular weight is 342 g/mol. The van der Waals surface area contributed by atoms with Gasteiger partial charge in [-0.2, -0.15) is 9.61 Å². The molecular weight excluding hydrogens is 310 g/mol. The Morgan fingerprint density at radius 1 is 1.08 bits per heavy atom. The first-order valence-electron chi connectivity index (χ1n) is 9.77. The minimum absolute atomic E-state index is 0.429. The molecule has 2 aliphatic heterocycles. The van der Waals surface area contributed by atoms with Crippen LogP contribution in [0.25, 0.3) is 5.65 Å². The summed E-state index contributed by atoms with van der Waals surface area (Å²) in [6.45, 7) is 11.2. The van der Waals surface area contributed by atoms with Gasteiger partial charge in [0.1, 0.15) is 5.82 Å². The van der Waals surface area contributed by atoms with Crippen molar-refractivity contribution < 1.29 is 0 Å². The Kier molecular flexibility index (Phi) is 4.22. The van der Waals surface area contributed by atoms with E-state index in [1.165, 1.54) is 50.3 Å². The van der Waals surface area contributed by atoms with Gasteiger partial charge in [0.25, 0.3) is 0 Å². The van der Waals surface area contributed by atoms with E-state index < -0.39 is 0 Å². The Balaban J connectivity index is 1.73. The Labute approximate surface area is 151 Å². The van der Waals surface area contributed by atoms with Crippen LogP contribution in [0.15, 0.2) is 12.1 Å². The third-order valence-electron chi connectivity index (χ3n) is 5.98. The summed E-state index contributed by atoms with van der Waals surface area (Å²) >= 11 is 0. The van der Waals surface area contributed by atoms with Gasteiger partial charge in [-0.05, 0) is 52.1 Å². The number of aryl methyl sites for hydroxylation is 1. The SMILES string of the molecule is Cc1cc2nc(C(C)C)cc(N3CCCC4(CCCN(C)C4)C3)n2n1. The second kappa shape index (κ2) is 6.27. The summed E-state index contributed by atoms with van der Waals surface area (Å²) in [5, 5.41) is 4.74. The lowest BCUT2D eigenvalue weighted by atomic mass is 9.74. The van der Waals surface area contributed by atoms with Crippen molar-refractivity contribution >= 4 is 11.5 Å². The summed E-state index contributed by atoms with van der Waals surface area (Å²) in [7, 11) is 2.28. The molecule has 136 valence electrons. The van der Waals surface area contributed by atoms with E-state index in [4.69, 9.17) is 10.1 Å². The number of piperidine rings is 2. The normalized spacial score (nSPS) is 25.4. The second-order valence-electron chi connectivity index (χ2n) is 8.62. The molecule has 0 aliphatic carbocycles. The highest BCUT2D eigenvalue weighted by molar-refractivity contribution is 5.53. The standard InChI is InChI=1S/C20H31N5/c1-15(2)17-12-19(25-18(21-17)11-16(3)22-25)24-10-6-8-20(14-24)7-5-9-23(4)13-20/h11-12,15H,5-10,13-14H2,1-4H3. The lowest BCUT2D eigenvalue weighted by Gasteiger charge is -2.48. The molecule has 1 spiro atoms. The fourth-order valence-electron chi connectivity index (χ4n) is 4.80. The number of nitrogens with zero attached hydrogens (tertiary/aromatic N) is 5. The Hall–Kier alpha value is -1.62. The molecule has 2 fully saturated rings. The molecule has 0 N–H and O–H groups in total. The smallest absolute Gasteiger partial charge is 0.157 e. The number of hydrogen-bond acceptors (Lipinski definition) is 4. The largest absolute Gasteiger partial charge is 0.356 e. The van der Waals surface area contributed by atoms with Crippen molar-refractivity contribution in [3.8, 4) is 0 Å². The highest BCUT2D eigenvalue weighted by Crippen LogP contribution is 2.39. The fraction of sp³-hybridized carbons (Fsp3) is 0.700. The summed E-state index contributed by atoms with van der Waals surface area (Å²) in [6, 6.07) is 4.37. The van der Waals surface area contributed by atoms with E-state index in [1.54, 1.807) is 0 Å². The second-order valence-corrected chi connectivity index (χ2v) is 8.62. The quantitative estimate of drug-likeness (QED) is 0.838. The van der Waals surface area contributed by atoms with E-state index in [0.29, 0.717) is 11.3 Å². The lowest BCUT2D eigenvalue weighted by molar-refractivity contribution is 0.0906. The van der Waals surface area contributed by atoms with Gasteiger partial charge in [0.2, 0.25) is 0 Å². The van der Waals surface area contributed by atoms with Crippen molar-refractivity contribution in [2.45, 2.75) is 52.4 Å². The zero-order chi connectivity index (χ0) is 17.6. The zero-order valence-electron chi connectivity index (χ0n) is 16.1. The van der Waals surface area contributed by atoms with Crippen LogP contribution in [-0.4, -0.2) is 52.7 Å². The van der Waals surface area contributed by atoms with Crippen LogP contribution >= 0.6 is 0 Å². The van der Waals surface area contributed by atoms with Crippen LogP contribution in [0.3, 0.4) is 0 Å². The molecule has 2 aromatic rings. The highest BCUT2D eigenvalue weighted by atomic mass is 15.4. The molecule has 5 nitrogen and oxygen atoms in total. The van der Waals surface area contributed by atoms with Gasteiger partial charge < -0.3 is 9.80 Å². The maximum atomic E-state index is 4.83. The van der Waals surface area contributed by atoms with E-state index in [0.717, 1.165) is 24.4 Å². The molecule has 0 bridgehead atoms. The van der Waals surface area contributed by atoms with Crippen LogP contribution in [0.2, 0.25) is 0 Å². The van der Waals surface area contributed by atoms with E-state index in [9.17, 15) is 0 Å². The number of anilines is 1. The Bertz CT molecular complexity index is 761. The van der Waals surface area contributed by atoms with Crippen LogP contribution in [0.4, 0.5) is 5.82 Å². The number of fused-ring (bicyclic) bond motifs is 1. The van der Waals surface area contributed by atoms with Crippen LogP contribution in [-0.2, 0) is 0 Å². The van der Waals surface area contributed by atoms with Crippen LogP contribution < -0.4 is 4.90 Å². The minimum atomic E-state index is 0.429. The van der Waals surface area contributed by atoms with Gasteiger partial charge in [0.15, 0.2) is 5.65 Å². The molecule has 0 aromatic carbocycles. The van der Waals surface area contributed by atoms with Gasteiger partial charge >= 0.3 is 0 Å². The molecule has 1 unspecified atom stereocenters. The van der Waals surface area contributed by atoms with E-state index in [-0.39, 0.29) is 0 Å². The maximum absolute atomic E-state index is 4.83. The van der Waals surface area contributed by atoms with Crippen LogP contribution in [0.5, 0.6) is 0 Å². The summed E-state index contributed by atoms with van der Waals surface area (Å²) in [5.41, 5.74) is 3.64. The van der Waals surface area contributed by atoms with Crippen molar-refractivity contribution in [2.24, 2.45) is 5.41 Å². The van der Waals surface area contributed by atoms with E-state index in [1.807, 2.05) is 0 Å². The molecule has 25 heavy (non-hydrogen) atoms. The maximum Gasteiger partial charge on any atom is 0.157 e. The van der Waals surface area contributed by atoms with E-state index >= 15 is 0 Å². The molecule has 0 saturated carbocycles. The molecule has 2 aromatic heterocycles. The van der Waals surface area contributed by atoms with Crippen LogP contribution in [0.1, 0.15) is 56.8 Å². The first kappa shape index (κ1) is 16.8. The summed E-state index contributed by atoms with van der Waals surface area (Å²) in [6.07, 6.45) is 5.32. The van der Waals surface area contributed by atoms with Gasteiger partial charge in [0.05, 0.1) is 5.69 Å². The van der Waals surface area contributed by atoms with Crippen molar-refractivity contribution in [1.82, 2.24) is 19.5 Å². The van der Waals surface area contributed by atoms with Crippen molar-refractivity contribution in [3.05, 3.63) is 23.5 Å². The first-order valence-corrected chi connectivity index (χ1v) is 9.77. The minimum Gasteiger partial charge on any atom is -0.356 e. The lowest BCUT2D eigenvalue weighted by Crippen LogP contribution is -2.52. The zero-order valence-corrected chi connectivity index (χ0v) is 16.1. The van der Waals surface area contributed by atoms with Crippen molar-refractivity contribution in [3.63, 3.8) is 0 Å². The number of aromatic nitrogens is 3. The monoisotopic (exact) mass is 341 g/mol. The first-order chi connectivity index (χ1) is 12.0. The van der Waals surface area contributed by atoms with Crippen molar-refractivity contribution in [2.75, 3.05) is 38.1 Å². The topological polar surface area (TPSA) is 36.7 Å². The fourth-order valence-corrected chi connectivity index (χ4v) is 4.80. The predicted octanol–water partition coefficient (Wildman–Crippen LogP) is 3.47. The Morgan fingerprint density at radius 2 is 1.84 bits per heavy atom. The van der Waals surface area contributed by atoms with Gasteiger partial charge in [-0.25, -0.2) is 4.98 Å². The summed E-state index contributed by atoms with van der Waals surface area (Å²) in [4.78, 5) is 9.93. The molecule has 0 amide bonds. The molecule has 4 heterocycles. The van der Waals surface area contributed by atoms with Gasteiger partial charge in [0, 0.05) is 42.9 Å². The number of rotatable bonds is 2. The van der Waals surface area contributed by atoms with E-state index in [2.05, 4.69) is 54.3 Å². The van der Waals surface area contributed by atoms with Crippen molar-refractivity contribution in [1.29, 1.82) is 0 Å². The molecule has 2 aliphatic rings. The van der Waals surface area contributed by atoms with Gasteiger partial charge in [-0.1, -0.05) is 13.8 Å². The average Bonchev–Trinajstić information content (AvgIpc) is 2.93. The molecule has 5 heteroatoms. The third-order valence-corrected chi connectivity index (χ3v) is 5.98.